The summed E-state index contributed by atoms with van der Waals surface area (Å²) in [6.07, 6.45) is 3.01. The Bertz CT molecular complexity index is 1040. The summed E-state index contributed by atoms with van der Waals surface area (Å²) in [6, 6.07) is 23.3. The first-order valence-corrected chi connectivity index (χ1v) is 10.8. The Morgan fingerprint density at radius 3 is 2.87 bits per heavy atom. The van der Waals surface area contributed by atoms with Gasteiger partial charge in [-0.25, -0.2) is 4.98 Å². The molecule has 0 spiro atoms. The van der Waals surface area contributed by atoms with E-state index in [4.69, 9.17) is 10.2 Å². The first-order chi connectivity index (χ1) is 15.2. The summed E-state index contributed by atoms with van der Waals surface area (Å²) in [5.41, 5.74) is 3.73. The largest absolute Gasteiger partial charge is 0.355 e. The van der Waals surface area contributed by atoms with Crippen molar-refractivity contribution in [1.82, 2.24) is 15.3 Å². The number of anilines is 3. The number of nitriles is 1. The normalized spacial score (nSPS) is 15.6. The zero-order valence-electron chi connectivity index (χ0n) is 17.8. The molecule has 3 aromatic rings. The maximum atomic E-state index is 9.15. The third-order valence-electron chi connectivity index (χ3n) is 5.41. The van der Waals surface area contributed by atoms with Crippen molar-refractivity contribution < 1.29 is 0 Å². The van der Waals surface area contributed by atoms with Crippen LogP contribution >= 0.6 is 0 Å². The van der Waals surface area contributed by atoms with Gasteiger partial charge in [0.2, 0.25) is 5.95 Å². The molecular formula is C25H27N6. The average Bonchev–Trinajstić information content (AvgIpc) is 3.28. The van der Waals surface area contributed by atoms with Crippen molar-refractivity contribution in [1.29, 1.82) is 5.26 Å². The lowest BCUT2D eigenvalue weighted by Crippen LogP contribution is -2.32. The van der Waals surface area contributed by atoms with Crippen molar-refractivity contribution in [3.05, 3.63) is 77.5 Å². The number of hydrogen-bond donors (Lipinski definition) is 2. The molecule has 1 fully saturated rings. The predicted octanol–water partition coefficient (Wildman–Crippen LogP) is 4.21. The van der Waals surface area contributed by atoms with Crippen molar-refractivity contribution >= 4 is 17.5 Å². The molecule has 1 aromatic heterocycles. The van der Waals surface area contributed by atoms with Gasteiger partial charge in [0.15, 0.2) is 0 Å². The highest BCUT2D eigenvalue weighted by Crippen LogP contribution is 2.23. The second-order valence-corrected chi connectivity index (χ2v) is 7.83. The first-order valence-electron chi connectivity index (χ1n) is 10.8. The Hall–Kier alpha value is -3.43. The standard InChI is InChI=1S/C25H27N6/c1-2-7-21-15-24(30-25(28-21)29-22-11-6-10-20(14-22)16-26)31-13-12-23(18-31)27-17-19-8-4-3-5-9-19/h4-6,8-11,14-15,23,27H,2,7,12-13,17-18H2,1H3,(H,28,29,30). The van der Waals surface area contributed by atoms with E-state index in [-0.39, 0.29) is 0 Å². The fourth-order valence-corrected chi connectivity index (χ4v) is 3.82. The van der Waals surface area contributed by atoms with Gasteiger partial charge in [-0.2, -0.15) is 10.2 Å². The number of hydrogen-bond acceptors (Lipinski definition) is 6. The summed E-state index contributed by atoms with van der Waals surface area (Å²) in [6.45, 7) is 4.90. The number of benzene rings is 2. The highest BCUT2D eigenvalue weighted by molar-refractivity contribution is 5.58. The summed E-state index contributed by atoms with van der Waals surface area (Å²) >= 11 is 0. The molecule has 4 rings (SSSR count). The molecule has 1 unspecified atom stereocenters. The maximum absolute atomic E-state index is 9.15. The van der Waals surface area contributed by atoms with Gasteiger partial charge in [0.05, 0.1) is 11.6 Å². The summed E-state index contributed by atoms with van der Waals surface area (Å²) in [7, 11) is 0. The Balaban J connectivity index is 1.46. The molecule has 1 saturated heterocycles. The van der Waals surface area contributed by atoms with Crippen LogP contribution in [0.5, 0.6) is 0 Å². The molecule has 1 aliphatic rings. The van der Waals surface area contributed by atoms with Gasteiger partial charge in [0, 0.05) is 43.1 Å². The number of nitrogens with one attached hydrogen (secondary N) is 2. The van der Waals surface area contributed by atoms with Gasteiger partial charge >= 0.3 is 0 Å². The Kier molecular flexibility index (Phi) is 6.75. The Morgan fingerprint density at radius 1 is 1.19 bits per heavy atom. The van der Waals surface area contributed by atoms with Crippen LogP contribution in [0.15, 0.2) is 54.6 Å². The van der Waals surface area contributed by atoms with Crippen molar-refractivity contribution in [3.63, 3.8) is 0 Å². The molecule has 0 amide bonds. The highest BCUT2D eigenvalue weighted by atomic mass is 15.3. The summed E-state index contributed by atoms with van der Waals surface area (Å²) < 4.78 is 0. The zero-order valence-corrected chi connectivity index (χ0v) is 17.8. The molecule has 1 aliphatic heterocycles. The van der Waals surface area contributed by atoms with Gasteiger partial charge in [0.1, 0.15) is 5.82 Å². The molecule has 0 bridgehead atoms. The molecule has 1 atom stereocenters. The van der Waals surface area contributed by atoms with Crippen molar-refractivity contribution in [2.75, 3.05) is 23.3 Å². The summed E-state index contributed by atoms with van der Waals surface area (Å²) in [5.74, 6) is 1.53. The van der Waals surface area contributed by atoms with E-state index in [1.807, 2.05) is 30.3 Å². The lowest BCUT2D eigenvalue weighted by atomic mass is 10.2. The van der Waals surface area contributed by atoms with E-state index in [1.54, 1.807) is 6.07 Å². The van der Waals surface area contributed by atoms with Crippen LogP contribution in [0.4, 0.5) is 17.5 Å². The van der Waals surface area contributed by atoms with Crippen molar-refractivity contribution in [3.8, 4) is 6.07 Å². The fraction of sp³-hybridized carbons (Fsp3) is 0.320. The molecule has 31 heavy (non-hydrogen) atoms. The molecular weight excluding hydrogens is 384 g/mol. The van der Waals surface area contributed by atoms with Gasteiger partial charge < -0.3 is 15.5 Å². The number of nitrogens with zero attached hydrogens (tertiary/aromatic N) is 4. The van der Waals surface area contributed by atoms with Crippen LogP contribution < -0.4 is 15.5 Å². The fourth-order valence-electron chi connectivity index (χ4n) is 3.82. The van der Waals surface area contributed by atoms with Gasteiger partial charge in [-0.15, -0.1) is 0 Å². The average molecular weight is 412 g/mol. The van der Waals surface area contributed by atoms with E-state index in [0.29, 0.717) is 17.6 Å². The molecule has 2 aromatic carbocycles. The van der Waals surface area contributed by atoms with Crippen LogP contribution in [0.3, 0.4) is 0 Å². The van der Waals surface area contributed by atoms with Crippen LogP contribution in [0.25, 0.3) is 0 Å². The SMILES string of the molecule is CCCc1cc(N2CCC(NCc3cc[c]cc3)C2)nc(Nc2cccc(C#N)c2)n1. The second kappa shape index (κ2) is 10.1. The van der Waals surface area contributed by atoms with E-state index < -0.39 is 0 Å². The van der Waals surface area contributed by atoms with E-state index in [1.165, 1.54) is 5.56 Å². The van der Waals surface area contributed by atoms with Gasteiger partial charge in [0.25, 0.3) is 0 Å². The smallest absolute Gasteiger partial charge is 0.229 e. The molecule has 6 heteroatoms. The van der Waals surface area contributed by atoms with Gasteiger partial charge in [-0.1, -0.05) is 43.7 Å². The number of rotatable bonds is 8. The second-order valence-electron chi connectivity index (χ2n) is 7.83. The van der Waals surface area contributed by atoms with Gasteiger partial charge in [-0.05, 0) is 42.7 Å². The Labute approximate surface area is 184 Å². The highest BCUT2D eigenvalue weighted by Gasteiger charge is 2.24. The number of aryl methyl sites for hydroxylation is 1. The quantitative estimate of drug-likeness (QED) is 0.578. The minimum absolute atomic E-state index is 0.428. The van der Waals surface area contributed by atoms with Crippen molar-refractivity contribution in [2.24, 2.45) is 0 Å². The van der Waals surface area contributed by atoms with E-state index in [2.05, 4.69) is 57.8 Å². The molecule has 6 nitrogen and oxygen atoms in total. The molecule has 1 radical (unpaired) electrons. The third kappa shape index (κ3) is 5.59. The zero-order chi connectivity index (χ0) is 21.5. The van der Waals surface area contributed by atoms with Crippen LogP contribution in [0.1, 0.15) is 36.6 Å². The first kappa shape index (κ1) is 20.8. The molecule has 2 N–H and O–H groups in total. The van der Waals surface area contributed by atoms with Gasteiger partial charge in [-0.3, -0.25) is 0 Å². The van der Waals surface area contributed by atoms with Crippen LogP contribution in [-0.2, 0) is 13.0 Å². The van der Waals surface area contributed by atoms with Crippen LogP contribution in [0, 0.1) is 17.4 Å². The number of aromatic nitrogens is 2. The van der Waals surface area contributed by atoms with E-state index >= 15 is 0 Å². The third-order valence-corrected chi connectivity index (χ3v) is 5.41. The summed E-state index contributed by atoms with van der Waals surface area (Å²) in [4.78, 5) is 11.8. The van der Waals surface area contributed by atoms with E-state index in [9.17, 15) is 0 Å². The van der Waals surface area contributed by atoms with Crippen LogP contribution in [0.2, 0.25) is 0 Å². The lowest BCUT2D eigenvalue weighted by Gasteiger charge is -2.20. The molecule has 0 aliphatic carbocycles. The Morgan fingerprint density at radius 2 is 2.06 bits per heavy atom. The topological polar surface area (TPSA) is 76.9 Å². The van der Waals surface area contributed by atoms with E-state index in [0.717, 1.165) is 56.1 Å². The minimum atomic E-state index is 0.428. The molecule has 157 valence electrons. The maximum Gasteiger partial charge on any atom is 0.229 e. The summed E-state index contributed by atoms with van der Waals surface area (Å²) in [5, 5.41) is 16.1. The van der Waals surface area contributed by atoms with Crippen LogP contribution in [-0.4, -0.2) is 29.1 Å². The molecule has 0 saturated carbocycles. The predicted molar refractivity (Wildman–Crippen MR) is 123 cm³/mol. The van der Waals surface area contributed by atoms with Crippen molar-refractivity contribution in [2.45, 2.75) is 38.8 Å². The monoisotopic (exact) mass is 411 g/mol. The lowest BCUT2D eigenvalue weighted by molar-refractivity contribution is 0.551. The molecule has 2 heterocycles. The minimum Gasteiger partial charge on any atom is -0.355 e.